The summed E-state index contributed by atoms with van der Waals surface area (Å²) in [4.78, 5) is 12.3. The van der Waals surface area contributed by atoms with Crippen molar-refractivity contribution in [1.29, 1.82) is 0 Å². The summed E-state index contributed by atoms with van der Waals surface area (Å²) in [6.07, 6.45) is -0.447. The summed E-state index contributed by atoms with van der Waals surface area (Å²) >= 11 is 6.16. The number of amides is 1. The summed E-state index contributed by atoms with van der Waals surface area (Å²) in [6.45, 7) is 0.0923. The third kappa shape index (κ3) is 4.53. The van der Waals surface area contributed by atoms with Crippen molar-refractivity contribution in [2.24, 2.45) is 0 Å². The van der Waals surface area contributed by atoms with Gasteiger partial charge >= 0.3 is 0 Å². The number of carbonyl (C=O) groups excluding carboxylic acids is 1. The molecule has 6 heteroatoms. The summed E-state index contributed by atoms with van der Waals surface area (Å²) in [6, 6.07) is 11.4. The van der Waals surface area contributed by atoms with E-state index in [2.05, 4.69) is 5.32 Å². The molecule has 4 N–H and O–H groups in total. The maximum Gasteiger partial charge on any atom is 0.256 e. The summed E-state index contributed by atoms with van der Waals surface area (Å²) in [7, 11) is 0. The quantitative estimate of drug-likeness (QED) is 0.611. The lowest BCUT2D eigenvalue weighted by Crippen LogP contribution is -2.15. The molecule has 2 aromatic carbocycles. The first-order chi connectivity index (χ1) is 11.0. The standard InChI is InChI=1S/C17H18ClNO4/c18-15-10-12(8-7-11(15)4-3-9-20)19-16(21)13-5-1-2-6-14(13)17(22)23/h1-2,5-8,10,17,20,22-23H,3-4,9H2,(H,19,21). The number of aliphatic hydroxyl groups excluding tert-OH is 2. The van der Waals surface area contributed by atoms with Crippen LogP contribution >= 0.6 is 11.6 Å². The molecule has 0 saturated heterocycles. The van der Waals surface area contributed by atoms with Gasteiger partial charge < -0.3 is 20.6 Å². The van der Waals surface area contributed by atoms with Gasteiger partial charge in [0.2, 0.25) is 0 Å². The maximum atomic E-state index is 12.3. The van der Waals surface area contributed by atoms with Crippen LogP contribution in [0.25, 0.3) is 0 Å². The van der Waals surface area contributed by atoms with Crippen molar-refractivity contribution >= 4 is 23.2 Å². The fraction of sp³-hybridized carbons (Fsp3) is 0.235. The average Bonchev–Trinajstić information content (AvgIpc) is 2.54. The predicted molar refractivity (Wildman–Crippen MR) is 88.4 cm³/mol. The fourth-order valence-electron chi connectivity index (χ4n) is 2.22. The Hall–Kier alpha value is -1.92. The highest BCUT2D eigenvalue weighted by Gasteiger charge is 2.15. The third-order valence-electron chi connectivity index (χ3n) is 3.40. The minimum Gasteiger partial charge on any atom is -0.396 e. The number of aliphatic hydroxyl groups is 3. The highest BCUT2D eigenvalue weighted by molar-refractivity contribution is 6.31. The zero-order valence-corrected chi connectivity index (χ0v) is 13.1. The van der Waals surface area contributed by atoms with Crippen molar-refractivity contribution in [2.45, 2.75) is 19.1 Å². The first kappa shape index (κ1) is 17.4. The van der Waals surface area contributed by atoms with E-state index in [1.807, 2.05) is 0 Å². The molecule has 0 saturated carbocycles. The minimum atomic E-state index is -1.72. The van der Waals surface area contributed by atoms with Gasteiger partial charge in [-0.05, 0) is 36.6 Å². The van der Waals surface area contributed by atoms with Crippen LogP contribution in [-0.4, -0.2) is 27.8 Å². The number of carbonyl (C=O) groups is 1. The highest BCUT2D eigenvalue weighted by atomic mass is 35.5. The van der Waals surface area contributed by atoms with Crippen LogP contribution in [0.15, 0.2) is 42.5 Å². The van der Waals surface area contributed by atoms with Crippen LogP contribution in [0.3, 0.4) is 0 Å². The van der Waals surface area contributed by atoms with Crippen molar-refractivity contribution < 1.29 is 20.1 Å². The lowest BCUT2D eigenvalue weighted by atomic mass is 10.1. The van der Waals surface area contributed by atoms with Gasteiger partial charge in [0, 0.05) is 28.4 Å². The van der Waals surface area contributed by atoms with E-state index < -0.39 is 12.2 Å². The van der Waals surface area contributed by atoms with E-state index in [-0.39, 0.29) is 17.7 Å². The fourth-order valence-corrected chi connectivity index (χ4v) is 2.50. The number of benzene rings is 2. The predicted octanol–water partition coefficient (Wildman–Crippen LogP) is 2.50. The smallest absolute Gasteiger partial charge is 0.256 e. The second-order valence-electron chi connectivity index (χ2n) is 5.05. The van der Waals surface area contributed by atoms with Crippen molar-refractivity contribution in [3.8, 4) is 0 Å². The molecule has 2 rings (SSSR count). The van der Waals surface area contributed by atoms with Gasteiger partial charge in [-0.3, -0.25) is 4.79 Å². The summed E-state index contributed by atoms with van der Waals surface area (Å²) in [5.41, 5.74) is 1.72. The lowest BCUT2D eigenvalue weighted by Gasteiger charge is -2.12. The van der Waals surface area contributed by atoms with E-state index in [4.69, 9.17) is 16.7 Å². The van der Waals surface area contributed by atoms with Crippen LogP contribution in [-0.2, 0) is 6.42 Å². The molecule has 0 unspecified atom stereocenters. The maximum absolute atomic E-state index is 12.3. The number of hydrogen-bond donors (Lipinski definition) is 4. The Balaban J connectivity index is 2.16. The molecule has 0 aliphatic carbocycles. The molecule has 2 aromatic rings. The zero-order valence-electron chi connectivity index (χ0n) is 12.4. The SMILES string of the molecule is O=C(Nc1ccc(CCCO)c(Cl)c1)c1ccccc1C(O)O. The van der Waals surface area contributed by atoms with Gasteiger partial charge in [0.15, 0.2) is 6.29 Å². The number of nitrogens with one attached hydrogen (secondary N) is 1. The first-order valence-electron chi connectivity index (χ1n) is 7.18. The lowest BCUT2D eigenvalue weighted by molar-refractivity contribution is -0.0429. The topological polar surface area (TPSA) is 89.8 Å². The normalized spacial score (nSPS) is 10.8. The van der Waals surface area contributed by atoms with Gasteiger partial charge in [-0.25, -0.2) is 0 Å². The number of aryl methyl sites for hydroxylation is 1. The molecule has 0 radical (unpaired) electrons. The molecular formula is C17H18ClNO4. The van der Waals surface area contributed by atoms with E-state index >= 15 is 0 Å². The molecule has 5 nitrogen and oxygen atoms in total. The monoisotopic (exact) mass is 335 g/mol. The second kappa shape index (κ2) is 8.08. The van der Waals surface area contributed by atoms with Gasteiger partial charge in [-0.2, -0.15) is 0 Å². The minimum absolute atomic E-state index is 0.0923. The molecule has 0 fully saturated rings. The molecule has 23 heavy (non-hydrogen) atoms. The number of rotatable bonds is 6. The van der Waals surface area contributed by atoms with Gasteiger partial charge in [-0.15, -0.1) is 0 Å². The van der Waals surface area contributed by atoms with Crippen LogP contribution in [0.1, 0.15) is 34.2 Å². The molecule has 0 atom stereocenters. The Morgan fingerprint density at radius 1 is 1.17 bits per heavy atom. The van der Waals surface area contributed by atoms with Crippen molar-refractivity contribution in [1.82, 2.24) is 0 Å². The largest absolute Gasteiger partial charge is 0.396 e. The Bertz CT molecular complexity index is 688. The van der Waals surface area contributed by atoms with Gasteiger partial charge in [0.25, 0.3) is 5.91 Å². The first-order valence-corrected chi connectivity index (χ1v) is 7.56. The van der Waals surface area contributed by atoms with Gasteiger partial charge in [0.1, 0.15) is 0 Å². The van der Waals surface area contributed by atoms with Gasteiger partial charge in [0.05, 0.1) is 0 Å². The molecule has 0 aromatic heterocycles. The molecular weight excluding hydrogens is 318 g/mol. The van der Waals surface area contributed by atoms with Crippen LogP contribution in [0, 0.1) is 0 Å². The Morgan fingerprint density at radius 2 is 1.91 bits per heavy atom. The number of hydrogen-bond acceptors (Lipinski definition) is 4. The Labute approximate surface area is 139 Å². The Kier molecular flexibility index (Phi) is 6.12. The van der Waals surface area contributed by atoms with Crippen molar-refractivity contribution in [3.63, 3.8) is 0 Å². The molecule has 122 valence electrons. The molecule has 0 spiro atoms. The van der Waals surface area contributed by atoms with Crippen LogP contribution in [0.4, 0.5) is 5.69 Å². The highest BCUT2D eigenvalue weighted by Crippen LogP contribution is 2.23. The van der Waals surface area contributed by atoms with E-state index in [9.17, 15) is 15.0 Å². The van der Waals surface area contributed by atoms with Crippen LogP contribution in [0.5, 0.6) is 0 Å². The molecule has 0 aliphatic rings. The van der Waals surface area contributed by atoms with Crippen LogP contribution in [0.2, 0.25) is 5.02 Å². The third-order valence-corrected chi connectivity index (χ3v) is 3.75. The summed E-state index contributed by atoms with van der Waals surface area (Å²) in [5.74, 6) is -0.451. The number of halogens is 1. The molecule has 0 heterocycles. The van der Waals surface area contributed by atoms with E-state index in [0.717, 1.165) is 5.56 Å². The molecule has 1 amide bonds. The Morgan fingerprint density at radius 3 is 2.57 bits per heavy atom. The van der Waals surface area contributed by atoms with Crippen LogP contribution < -0.4 is 5.32 Å². The molecule has 0 bridgehead atoms. The zero-order chi connectivity index (χ0) is 16.8. The van der Waals surface area contributed by atoms with Gasteiger partial charge in [-0.1, -0.05) is 35.9 Å². The second-order valence-corrected chi connectivity index (χ2v) is 5.46. The van der Waals surface area contributed by atoms with E-state index in [1.54, 1.807) is 30.3 Å². The van der Waals surface area contributed by atoms with Crippen molar-refractivity contribution in [2.75, 3.05) is 11.9 Å². The average molecular weight is 336 g/mol. The van der Waals surface area contributed by atoms with E-state index in [1.165, 1.54) is 12.1 Å². The van der Waals surface area contributed by atoms with Crippen molar-refractivity contribution in [3.05, 3.63) is 64.2 Å². The van der Waals surface area contributed by atoms with E-state index in [0.29, 0.717) is 23.6 Å². The number of anilines is 1. The molecule has 0 aliphatic heterocycles. The summed E-state index contributed by atoms with van der Waals surface area (Å²) in [5, 5.41) is 30.7. The summed E-state index contributed by atoms with van der Waals surface area (Å²) < 4.78 is 0.